The normalized spacial score (nSPS) is 15.1. The molecule has 2 aromatic carbocycles. The van der Waals surface area contributed by atoms with Crippen molar-refractivity contribution in [2.45, 2.75) is 0 Å². The van der Waals surface area contributed by atoms with Gasteiger partial charge >= 0.3 is 0 Å². The lowest BCUT2D eigenvalue weighted by atomic mass is 10.2. The molecule has 0 spiro atoms. The second-order valence-electron chi connectivity index (χ2n) is 5.87. The summed E-state index contributed by atoms with van der Waals surface area (Å²) in [6, 6.07) is 9.41. The van der Waals surface area contributed by atoms with Crippen LogP contribution in [0.25, 0.3) is 6.08 Å². The van der Waals surface area contributed by atoms with Crippen molar-refractivity contribution in [3.05, 3.63) is 56.4 Å². The van der Waals surface area contributed by atoms with E-state index in [4.69, 9.17) is 16.3 Å². The SMILES string of the molecule is COc1cc(/C=C2\SC(=O)N(CC(=O)Nc3ccc(Cl)cc3)C2=O)c(Br)cc1O. The van der Waals surface area contributed by atoms with E-state index in [0.29, 0.717) is 20.7 Å². The third kappa shape index (κ3) is 4.92. The van der Waals surface area contributed by atoms with Crippen molar-refractivity contribution in [3.63, 3.8) is 0 Å². The standard InChI is InChI=1S/C19H14BrClN2O5S/c1-28-15-6-10(13(20)8-14(15)24)7-16-18(26)23(19(27)29-16)9-17(25)22-12-4-2-11(21)3-5-12/h2-8,24H,9H2,1H3,(H,22,25)/b16-7-. The maximum atomic E-state index is 12.6. The Labute approximate surface area is 183 Å². The van der Waals surface area contributed by atoms with Gasteiger partial charge in [-0.05, 0) is 59.8 Å². The molecule has 7 nitrogen and oxygen atoms in total. The largest absolute Gasteiger partial charge is 0.504 e. The average Bonchev–Trinajstić information content (AvgIpc) is 2.93. The number of carbonyl (C=O) groups excluding carboxylic acids is 3. The van der Waals surface area contributed by atoms with Crippen molar-refractivity contribution in [1.82, 2.24) is 4.90 Å². The van der Waals surface area contributed by atoms with E-state index < -0.39 is 23.6 Å². The summed E-state index contributed by atoms with van der Waals surface area (Å²) in [4.78, 5) is 38.1. The van der Waals surface area contributed by atoms with E-state index in [-0.39, 0.29) is 16.4 Å². The van der Waals surface area contributed by atoms with E-state index in [2.05, 4.69) is 21.2 Å². The molecule has 1 fully saturated rings. The molecule has 150 valence electrons. The number of hydrogen-bond acceptors (Lipinski definition) is 6. The van der Waals surface area contributed by atoms with Crippen molar-refractivity contribution in [2.24, 2.45) is 0 Å². The summed E-state index contributed by atoms with van der Waals surface area (Å²) in [7, 11) is 1.40. The zero-order chi connectivity index (χ0) is 21.1. The van der Waals surface area contributed by atoms with Crippen LogP contribution < -0.4 is 10.1 Å². The lowest BCUT2D eigenvalue weighted by Crippen LogP contribution is -2.36. The van der Waals surface area contributed by atoms with Gasteiger partial charge in [-0.15, -0.1) is 0 Å². The molecule has 0 unspecified atom stereocenters. The molecular formula is C19H14BrClN2O5S. The fourth-order valence-electron chi connectivity index (χ4n) is 2.49. The average molecular weight is 498 g/mol. The van der Waals surface area contributed by atoms with Crippen LogP contribution in [0.5, 0.6) is 11.5 Å². The molecule has 3 amide bonds. The molecule has 0 radical (unpaired) electrons. The zero-order valence-corrected chi connectivity index (χ0v) is 18.1. The maximum Gasteiger partial charge on any atom is 0.294 e. The first-order valence-corrected chi connectivity index (χ1v) is 10.1. The minimum absolute atomic E-state index is 0.0662. The number of methoxy groups -OCH3 is 1. The third-order valence-corrected chi connectivity index (χ3v) is 5.73. The molecule has 3 rings (SSSR count). The van der Waals surface area contributed by atoms with E-state index in [0.717, 1.165) is 16.7 Å². The number of benzene rings is 2. The Morgan fingerprint density at radius 3 is 2.66 bits per heavy atom. The van der Waals surface area contributed by atoms with Gasteiger partial charge in [0.05, 0.1) is 12.0 Å². The quantitative estimate of drug-likeness (QED) is 0.591. The third-order valence-electron chi connectivity index (χ3n) is 3.89. The summed E-state index contributed by atoms with van der Waals surface area (Å²) in [6.45, 7) is -0.412. The molecule has 0 aromatic heterocycles. The van der Waals surface area contributed by atoms with Crippen LogP contribution in [0, 0.1) is 0 Å². The summed E-state index contributed by atoms with van der Waals surface area (Å²) in [5.41, 5.74) is 1.04. The molecule has 1 heterocycles. The van der Waals surface area contributed by atoms with Gasteiger partial charge in [0.2, 0.25) is 5.91 Å². The number of carbonyl (C=O) groups is 3. The summed E-state index contributed by atoms with van der Waals surface area (Å²) >= 11 is 9.83. The Morgan fingerprint density at radius 1 is 1.31 bits per heavy atom. The van der Waals surface area contributed by atoms with Gasteiger partial charge in [-0.3, -0.25) is 19.3 Å². The van der Waals surface area contributed by atoms with Crippen LogP contribution >= 0.6 is 39.3 Å². The highest BCUT2D eigenvalue weighted by molar-refractivity contribution is 9.10. The van der Waals surface area contributed by atoms with Gasteiger partial charge < -0.3 is 15.2 Å². The highest BCUT2D eigenvalue weighted by atomic mass is 79.9. The first kappa shape index (κ1) is 21.2. The molecule has 2 N–H and O–H groups in total. The van der Waals surface area contributed by atoms with E-state index >= 15 is 0 Å². The number of phenols is 1. The minimum Gasteiger partial charge on any atom is -0.504 e. The first-order valence-electron chi connectivity index (χ1n) is 8.15. The number of nitrogens with one attached hydrogen (secondary N) is 1. The smallest absolute Gasteiger partial charge is 0.294 e. The van der Waals surface area contributed by atoms with Crippen molar-refractivity contribution in [3.8, 4) is 11.5 Å². The Kier molecular flexibility index (Phi) is 6.51. The monoisotopic (exact) mass is 496 g/mol. The molecule has 1 aliphatic heterocycles. The van der Waals surface area contributed by atoms with E-state index in [9.17, 15) is 19.5 Å². The van der Waals surface area contributed by atoms with E-state index in [1.165, 1.54) is 25.3 Å². The van der Waals surface area contributed by atoms with Gasteiger partial charge in [0, 0.05) is 15.2 Å². The van der Waals surface area contributed by atoms with Crippen LogP contribution in [0.1, 0.15) is 5.56 Å². The van der Waals surface area contributed by atoms with Gasteiger partial charge in [0.1, 0.15) is 6.54 Å². The van der Waals surface area contributed by atoms with E-state index in [1.54, 1.807) is 24.3 Å². The van der Waals surface area contributed by atoms with Crippen molar-refractivity contribution in [2.75, 3.05) is 19.0 Å². The summed E-state index contributed by atoms with van der Waals surface area (Å²) in [6.07, 6.45) is 1.49. The molecule has 0 aliphatic carbocycles. The zero-order valence-electron chi connectivity index (χ0n) is 14.9. The second kappa shape index (κ2) is 8.89. The van der Waals surface area contributed by atoms with Gasteiger partial charge in [-0.25, -0.2) is 0 Å². The number of thioether (sulfide) groups is 1. The summed E-state index contributed by atoms with van der Waals surface area (Å²) in [5.74, 6) is -0.932. The van der Waals surface area contributed by atoms with Crippen LogP contribution in [0.4, 0.5) is 10.5 Å². The van der Waals surface area contributed by atoms with Gasteiger partial charge in [0.15, 0.2) is 11.5 Å². The van der Waals surface area contributed by atoms with Gasteiger partial charge in [-0.1, -0.05) is 27.5 Å². The summed E-state index contributed by atoms with van der Waals surface area (Å²) < 4.78 is 5.58. The predicted molar refractivity (Wildman–Crippen MR) is 115 cm³/mol. The van der Waals surface area contributed by atoms with Gasteiger partial charge in [-0.2, -0.15) is 0 Å². The number of hydrogen-bond donors (Lipinski definition) is 2. The fraction of sp³-hybridized carbons (Fsp3) is 0.105. The van der Waals surface area contributed by atoms with Gasteiger partial charge in [0.25, 0.3) is 11.1 Å². The molecule has 10 heteroatoms. The molecular weight excluding hydrogens is 484 g/mol. The Balaban J connectivity index is 1.75. The van der Waals surface area contributed by atoms with Crippen molar-refractivity contribution in [1.29, 1.82) is 0 Å². The second-order valence-corrected chi connectivity index (χ2v) is 8.15. The molecule has 2 aromatic rings. The highest BCUT2D eigenvalue weighted by Gasteiger charge is 2.36. The topological polar surface area (TPSA) is 95.9 Å². The van der Waals surface area contributed by atoms with Crippen molar-refractivity contribution >= 4 is 68.1 Å². The molecule has 0 bridgehead atoms. The van der Waals surface area contributed by atoms with Crippen LogP contribution in [0.2, 0.25) is 5.02 Å². The lowest BCUT2D eigenvalue weighted by molar-refractivity contribution is -0.127. The van der Waals surface area contributed by atoms with Crippen LogP contribution in [0.3, 0.4) is 0 Å². The number of anilines is 1. The maximum absolute atomic E-state index is 12.6. The number of nitrogens with zero attached hydrogens (tertiary/aromatic N) is 1. The number of ether oxygens (including phenoxy) is 1. The fourth-order valence-corrected chi connectivity index (χ4v) is 3.89. The predicted octanol–water partition coefficient (Wildman–Crippen LogP) is 4.49. The molecule has 0 saturated carbocycles. The number of amides is 3. The molecule has 1 aliphatic rings. The molecule has 0 atom stereocenters. The van der Waals surface area contributed by atoms with E-state index in [1.807, 2.05) is 0 Å². The first-order chi connectivity index (χ1) is 13.8. The Morgan fingerprint density at radius 2 is 2.00 bits per heavy atom. The molecule has 1 saturated heterocycles. The number of phenolic OH excluding ortho intramolecular Hbond substituents is 1. The number of aromatic hydroxyl groups is 1. The van der Waals surface area contributed by atoms with Crippen LogP contribution in [-0.4, -0.2) is 40.7 Å². The highest BCUT2D eigenvalue weighted by Crippen LogP contribution is 2.37. The Bertz CT molecular complexity index is 1030. The number of halogens is 2. The summed E-state index contributed by atoms with van der Waals surface area (Å²) in [5, 5.41) is 12.4. The van der Waals surface area contributed by atoms with Crippen molar-refractivity contribution < 1.29 is 24.2 Å². The minimum atomic E-state index is -0.579. The lowest BCUT2D eigenvalue weighted by Gasteiger charge is -2.12. The number of imide groups is 1. The Hall–Kier alpha value is -2.49. The van der Waals surface area contributed by atoms with Crippen LogP contribution in [-0.2, 0) is 9.59 Å². The number of rotatable bonds is 5. The van der Waals surface area contributed by atoms with Crippen LogP contribution in [0.15, 0.2) is 45.8 Å². The molecule has 29 heavy (non-hydrogen) atoms.